The van der Waals surface area contributed by atoms with Crippen LogP contribution >= 0.6 is 0 Å². The standard InChI is InChI=1S/C20H35NO16/c1-5(24)21-9-13(28)10(25)7(3-23)35-19(9)33-4-8-12(27)14(29)16(31)20(36-8)37-17-15(30)11(26)6(2-22)34-18(17)32/h6-20,22-23,25-32H,2-4H2,1H3,(H,21,24)/t6-,7-,8-,9-,10-,11-,12-,13-,14+,15+,16-,17-,18+,19-,20-/m1/s1. The van der Waals surface area contributed by atoms with Gasteiger partial charge in [0, 0.05) is 6.92 Å². The molecule has 15 atom stereocenters. The van der Waals surface area contributed by atoms with Crippen LogP contribution in [-0.4, -0.2) is 169 Å². The Labute approximate surface area is 210 Å². The van der Waals surface area contributed by atoms with E-state index in [0.717, 1.165) is 6.92 Å². The molecule has 3 aliphatic rings. The molecule has 37 heavy (non-hydrogen) atoms. The molecule has 11 N–H and O–H groups in total. The maximum absolute atomic E-state index is 11.6. The lowest BCUT2D eigenvalue weighted by molar-refractivity contribution is -0.366. The Hall–Kier alpha value is -1.13. The van der Waals surface area contributed by atoms with Crippen molar-refractivity contribution in [3.8, 4) is 0 Å². The predicted octanol–water partition coefficient (Wildman–Crippen LogP) is -7.43. The van der Waals surface area contributed by atoms with Gasteiger partial charge in [0.15, 0.2) is 18.9 Å². The number of hydrogen-bond donors (Lipinski definition) is 11. The Morgan fingerprint density at radius 3 is 1.84 bits per heavy atom. The Kier molecular flexibility index (Phi) is 10.5. The molecule has 216 valence electrons. The molecule has 0 aromatic carbocycles. The number of aliphatic hydroxyl groups is 10. The average molecular weight is 545 g/mol. The maximum atomic E-state index is 11.6. The summed E-state index contributed by atoms with van der Waals surface area (Å²) < 4.78 is 26.7. The number of aliphatic hydroxyl groups excluding tert-OH is 10. The molecule has 0 bridgehead atoms. The molecule has 3 heterocycles. The normalized spacial score (nSPS) is 49.0. The van der Waals surface area contributed by atoms with Gasteiger partial charge in [0.05, 0.1) is 19.8 Å². The third-order valence-corrected chi connectivity index (χ3v) is 6.48. The second kappa shape index (κ2) is 12.8. The molecule has 0 unspecified atom stereocenters. The molecular formula is C20H35NO16. The van der Waals surface area contributed by atoms with Gasteiger partial charge in [-0.05, 0) is 0 Å². The van der Waals surface area contributed by atoms with E-state index in [0.29, 0.717) is 0 Å². The quantitative estimate of drug-likeness (QED) is 0.135. The van der Waals surface area contributed by atoms with Crippen molar-refractivity contribution in [2.75, 3.05) is 19.8 Å². The van der Waals surface area contributed by atoms with Gasteiger partial charge in [0.25, 0.3) is 0 Å². The van der Waals surface area contributed by atoms with E-state index in [9.17, 15) is 55.9 Å². The van der Waals surface area contributed by atoms with Crippen LogP contribution in [0.2, 0.25) is 0 Å². The minimum absolute atomic E-state index is 0.603. The van der Waals surface area contributed by atoms with Crippen LogP contribution in [0.25, 0.3) is 0 Å². The van der Waals surface area contributed by atoms with Crippen molar-refractivity contribution in [3.05, 3.63) is 0 Å². The number of carbonyl (C=O) groups is 1. The van der Waals surface area contributed by atoms with Crippen molar-refractivity contribution in [2.45, 2.75) is 99.0 Å². The van der Waals surface area contributed by atoms with Crippen LogP contribution in [0.1, 0.15) is 6.92 Å². The third-order valence-electron chi connectivity index (χ3n) is 6.48. The summed E-state index contributed by atoms with van der Waals surface area (Å²) >= 11 is 0. The molecule has 3 aliphatic heterocycles. The van der Waals surface area contributed by atoms with Gasteiger partial charge in [-0.3, -0.25) is 4.79 Å². The summed E-state index contributed by atoms with van der Waals surface area (Å²) in [4.78, 5) is 11.6. The Morgan fingerprint density at radius 2 is 1.24 bits per heavy atom. The maximum Gasteiger partial charge on any atom is 0.217 e. The molecule has 0 saturated carbocycles. The first-order valence-corrected chi connectivity index (χ1v) is 11.6. The van der Waals surface area contributed by atoms with Crippen molar-refractivity contribution in [1.29, 1.82) is 0 Å². The van der Waals surface area contributed by atoms with Crippen LogP contribution < -0.4 is 5.32 Å². The summed E-state index contributed by atoms with van der Waals surface area (Å²) in [6.45, 7) is -0.890. The van der Waals surface area contributed by atoms with Crippen LogP contribution in [0.5, 0.6) is 0 Å². The molecule has 0 aliphatic carbocycles. The van der Waals surface area contributed by atoms with Gasteiger partial charge in [0.2, 0.25) is 5.91 Å². The molecule has 17 heteroatoms. The number of amides is 1. The SMILES string of the molecule is CC(=O)N[C@H]1[C@H](OC[C@H]2O[C@H](O[C@@H]3[C@@H](O)[C@H](O)[C@@H](CO)O[C@@H]3O)[C@H](O)[C@@H](O)[C@@H]2O)O[C@H](CO)[C@@H](O)[C@@H]1O. The van der Waals surface area contributed by atoms with Crippen molar-refractivity contribution in [1.82, 2.24) is 5.32 Å². The third kappa shape index (κ3) is 6.55. The first-order chi connectivity index (χ1) is 17.4. The topological polar surface area (TPSA) is 278 Å². The van der Waals surface area contributed by atoms with Crippen molar-refractivity contribution in [3.63, 3.8) is 0 Å². The highest BCUT2D eigenvalue weighted by Crippen LogP contribution is 2.29. The fourth-order valence-electron chi connectivity index (χ4n) is 4.34. The molecule has 3 fully saturated rings. The minimum atomic E-state index is -1.90. The first-order valence-electron chi connectivity index (χ1n) is 11.6. The zero-order valence-electron chi connectivity index (χ0n) is 19.7. The Balaban J connectivity index is 1.69. The van der Waals surface area contributed by atoms with Crippen LogP contribution in [0, 0.1) is 0 Å². The number of nitrogens with one attached hydrogen (secondary N) is 1. The highest BCUT2D eigenvalue weighted by molar-refractivity contribution is 5.73. The van der Waals surface area contributed by atoms with Crippen LogP contribution in [0.15, 0.2) is 0 Å². The number of ether oxygens (including phenoxy) is 5. The van der Waals surface area contributed by atoms with Gasteiger partial charge in [0.1, 0.15) is 73.2 Å². The molecule has 1 amide bonds. The monoisotopic (exact) mass is 545 g/mol. The number of rotatable bonds is 8. The molecule has 0 spiro atoms. The highest BCUT2D eigenvalue weighted by Gasteiger charge is 2.51. The molecular weight excluding hydrogens is 510 g/mol. The van der Waals surface area contributed by atoms with Gasteiger partial charge in [-0.2, -0.15) is 0 Å². The van der Waals surface area contributed by atoms with Gasteiger partial charge in [-0.1, -0.05) is 0 Å². The van der Waals surface area contributed by atoms with Gasteiger partial charge in [-0.25, -0.2) is 0 Å². The van der Waals surface area contributed by atoms with E-state index in [4.69, 9.17) is 23.7 Å². The second-order valence-corrected chi connectivity index (χ2v) is 9.11. The zero-order valence-corrected chi connectivity index (χ0v) is 19.7. The van der Waals surface area contributed by atoms with E-state index >= 15 is 0 Å². The summed E-state index contributed by atoms with van der Waals surface area (Å²) in [7, 11) is 0. The summed E-state index contributed by atoms with van der Waals surface area (Å²) in [6, 6.07) is -1.30. The van der Waals surface area contributed by atoms with Crippen molar-refractivity contribution in [2.24, 2.45) is 0 Å². The van der Waals surface area contributed by atoms with Gasteiger partial charge < -0.3 is 80.1 Å². The van der Waals surface area contributed by atoms with E-state index in [-0.39, 0.29) is 0 Å². The van der Waals surface area contributed by atoms with Gasteiger partial charge >= 0.3 is 0 Å². The lowest BCUT2D eigenvalue weighted by Gasteiger charge is -2.46. The van der Waals surface area contributed by atoms with E-state index in [2.05, 4.69) is 5.32 Å². The van der Waals surface area contributed by atoms with Crippen LogP contribution in [0.4, 0.5) is 0 Å². The average Bonchev–Trinajstić information content (AvgIpc) is 2.86. The Bertz CT molecular complexity index is 747. The summed E-state index contributed by atoms with van der Waals surface area (Å²) in [5.41, 5.74) is 0. The first kappa shape index (κ1) is 30.4. The van der Waals surface area contributed by atoms with Crippen LogP contribution in [-0.2, 0) is 28.5 Å². The van der Waals surface area contributed by atoms with Crippen molar-refractivity contribution >= 4 is 5.91 Å². The lowest BCUT2D eigenvalue weighted by Crippen LogP contribution is -2.66. The largest absolute Gasteiger partial charge is 0.394 e. The minimum Gasteiger partial charge on any atom is -0.394 e. The van der Waals surface area contributed by atoms with E-state index in [1.807, 2.05) is 0 Å². The highest BCUT2D eigenvalue weighted by atomic mass is 16.7. The van der Waals surface area contributed by atoms with E-state index in [1.54, 1.807) is 0 Å². The summed E-state index contributed by atoms with van der Waals surface area (Å²) in [5, 5.41) is 103. The zero-order chi connectivity index (χ0) is 27.6. The predicted molar refractivity (Wildman–Crippen MR) is 113 cm³/mol. The summed E-state index contributed by atoms with van der Waals surface area (Å²) in [6.07, 6.45) is -23.1. The number of carbonyl (C=O) groups excluding carboxylic acids is 1. The van der Waals surface area contributed by atoms with E-state index < -0.39 is 118 Å². The molecule has 0 aromatic heterocycles. The van der Waals surface area contributed by atoms with Gasteiger partial charge in [-0.15, -0.1) is 0 Å². The van der Waals surface area contributed by atoms with Crippen molar-refractivity contribution < 1.29 is 79.5 Å². The lowest BCUT2D eigenvalue weighted by atomic mass is 9.96. The second-order valence-electron chi connectivity index (χ2n) is 9.11. The molecule has 17 nitrogen and oxygen atoms in total. The molecule has 3 rings (SSSR count). The molecule has 0 aromatic rings. The fourth-order valence-corrected chi connectivity index (χ4v) is 4.34. The molecule has 0 radical (unpaired) electrons. The summed E-state index contributed by atoms with van der Waals surface area (Å²) in [5.74, 6) is -0.603. The number of hydrogen-bond acceptors (Lipinski definition) is 16. The van der Waals surface area contributed by atoms with E-state index in [1.165, 1.54) is 0 Å². The Morgan fingerprint density at radius 1 is 0.703 bits per heavy atom. The smallest absolute Gasteiger partial charge is 0.217 e. The van der Waals surface area contributed by atoms with Crippen LogP contribution in [0.3, 0.4) is 0 Å². The molecule has 3 saturated heterocycles. The fraction of sp³-hybridized carbons (Fsp3) is 0.950.